The van der Waals surface area contributed by atoms with Crippen LogP contribution in [0.2, 0.25) is 0 Å². The molecule has 6 nitrogen and oxygen atoms in total. The van der Waals surface area contributed by atoms with Crippen molar-refractivity contribution in [1.29, 1.82) is 0 Å². The normalized spacial score (nSPS) is 12.9. The number of rotatable bonds is 3. The van der Waals surface area contributed by atoms with E-state index < -0.39 is 0 Å². The first kappa shape index (κ1) is 12.4. The highest BCUT2D eigenvalue weighted by Crippen LogP contribution is 2.31. The van der Waals surface area contributed by atoms with Gasteiger partial charge >= 0.3 is 0 Å². The van der Waals surface area contributed by atoms with Crippen molar-refractivity contribution in [3.8, 4) is 11.5 Å². The van der Waals surface area contributed by atoms with Crippen LogP contribution in [-0.2, 0) is 0 Å². The van der Waals surface area contributed by atoms with Crippen molar-refractivity contribution < 1.29 is 9.47 Å². The van der Waals surface area contributed by atoms with E-state index in [1.54, 1.807) is 6.21 Å². The summed E-state index contributed by atoms with van der Waals surface area (Å²) in [5.41, 5.74) is 5.53. The molecular weight excluding hydrogens is 256 g/mol. The van der Waals surface area contributed by atoms with E-state index in [-0.39, 0.29) is 6.79 Å². The molecule has 0 bridgehead atoms. The molecule has 20 heavy (non-hydrogen) atoms. The van der Waals surface area contributed by atoms with Crippen molar-refractivity contribution in [2.45, 2.75) is 13.8 Å². The number of fused-ring (bicyclic) bond motifs is 1. The Bertz CT molecular complexity index is 650. The highest BCUT2D eigenvalue weighted by Gasteiger charge is 2.12. The fourth-order valence-corrected chi connectivity index (χ4v) is 1.93. The van der Waals surface area contributed by atoms with E-state index in [9.17, 15) is 0 Å². The summed E-state index contributed by atoms with van der Waals surface area (Å²) in [5.74, 6) is 1.98. The van der Waals surface area contributed by atoms with Crippen LogP contribution >= 0.6 is 0 Å². The number of hydrogen-bond donors (Lipinski definition) is 1. The molecule has 1 aliphatic rings. The van der Waals surface area contributed by atoms with Gasteiger partial charge in [0.25, 0.3) is 0 Å². The maximum atomic E-state index is 5.31. The van der Waals surface area contributed by atoms with Crippen LogP contribution in [0, 0.1) is 13.8 Å². The van der Waals surface area contributed by atoms with Crippen LogP contribution in [0.15, 0.2) is 29.4 Å². The average molecular weight is 270 g/mol. The summed E-state index contributed by atoms with van der Waals surface area (Å²) < 4.78 is 10.6. The third kappa shape index (κ3) is 2.69. The summed E-state index contributed by atoms with van der Waals surface area (Å²) in [7, 11) is 0. The third-order valence-corrected chi connectivity index (χ3v) is 2.76. The Kier molecular flexibility index (Phi) is 3.20. The Labute approximate surface area is 116 Å². The first-order valence-corrected chi connectivity index (χ1v) is 6.22. The van der Waals surface area contributed by atoms with E-state index in [0.717, 1.165) is 28.5 Å². The minimum Gasteiger partial charge on any atom is -0.454 e. The monoisotopic (exact) mass is 270 g/mol. The first-order valence-electron chi connectivity index (χ1n) is 6.22. The molecule has 0 saturated heterocycles. The van der Waals surface area contributed by atoms with E-state index in [1.807, 2.05) is 38.1 Å². The Balaban J connectivity index is 1.71. The van der Waals surface area contributed by atoms with Crippen molar-refractivity contribution in [3.05, 3.63) is 41.2 Å². The van der Waals surface area contributed by atoms with Gasteiger partial charge in [0.2, 0.25) is 12.7 Å². The number of nitrogens with zero attached hydrogens (tertiary/aromatic N) is 3. The van der Waals surface area contributed by atoms with Crippen molar-refractivity contribution in [2.24, 2.45) is 5.10 Å². The standard InChI is InChI=1S/C14H14N4O2/c1-9-5-10(2)17-14(16-9)18-15-7-11-3-4-12-13(6-11)20-8-19-12/h3-7H,8H2,1-2H3,(H,16,17,18)/b15-7+. The van der Waals surface area contributed by atoms with Gasteiger partial charge < -0.3 is 9.47 Å². The molecule has 2 aromatic rings. The van der Waals surface area contributed by atoms with Gasteiger partial charge in [-0.25, -0.2) is 15.4 Å². The summed E-state index contributed by atoms with van der Waals surface area (Å²) in [4.78, 5) is 8.48. The highest BCUT2D eigenvalue weighted by atomic mass is 16.7. The predicted molar refractivity (Wildman–Crippen MR) is 75.3 cm³/mol. The van der Waals surface area contributed by atoms with Crippen LogP contribution in [0.25, 0.3) is 0 Å². The molecule has 1 N–H and O–H groups in total. The van der Waals surface area contributed by atoms with E-state index in [4.69, 9.17) is 9.47 Å². The lowest BCUT2D eigenvalue weighted by atomic mass is 10.2. The smallest absolute Gasteiger partial charge is 0.243 e. The molecule has 1 aliphatic heterocycles. The van der Waals surface area contributed by atoms with Gasteiger partial charge in [0, 0.05) is 11.4 Å². The quantitative estimate of drug-likeness (QED) is 0.684. The molecule has 0 radical (unpaired) electrons. The molecule has 0 fully saturated rings. The van der Waals surface area contributed by atoms with Crippen LogP contribution in [0.3, 0.4) is 0 Å². The van der Waals surface area contributed by atoms with Gasteiger partial charge in [-0.1, -0.05) is 0 Å². The van der Waals surface area contributed by atoms with Crippen molar-refractivity contribution in [2.75, 3.05) is 12.2 Å². The van der Waals surface area contributed by atoms with Gasteiger partial charge in [0.1, 0.15) is 0 Å². The molecular formula is C14H14N4O2. The molecule has 2 heterocycles. The lowest BCUT2D eigenvalue weighted by molar-refractivity contribution is 0.174. The summed E-state index contributed by atoms with van der Waals surface area (Å²) in [6.07, 6.45) is 1.68. The second-order valence-corrected chi connectivity index (χ2v) is 4.46. The number of hydrazone groups is 1. The molecule has 3 rings (SSSR count). The van der Waals surface area contributed by atoms with Gasteiger partial charge in [-0.2, -0.15) is 5.10 Å². The molecule has 1 aromatic carbocycles. The second kappa shape index (κ2) is 5.16. The Morgan fingerprint density at radius 3 is 2.65 bits per heavy atom. The summed E-state index contributed by atoms with van der Waals surface area (Å²) in [6, 6.07) is 7.54. The van der Waals surface area contributed by atoms with Crippen LogP contribution in [0.5, 0.6) is 11.5 Å². The minimum atomic E-state index is 0.268. The van der Waals surface area contributed by atoms with Gasteiger partial charge in [0.15, 0.2) is 11.5 Å². The highest BCUT2D eigenvalue weighted by molar-refractivity contribution is 5.81. The largest absolute Gasteiger partial charge is 0.454 e. The molecule has 1 aromatic heterocycles. The van der Waals surface area contributed by atoms with E-state index in [2.05, 4.69) is 20.5 Å². The molecule has 102 valence electrons. The molecule has 0 atom stereocenters. The Morgan fingerprint density at radius 1 is 1.10 bits per heavy atom. The van der Waals surface area contributed by atoms with Gasteiger partial charge in [-0.15, -0.1) is 0 Å². The lowest BCUT2D eigenvalue weighted by Crippen LogP contribution is -1.99. The molecule has 0 unspecified atom stereocenters. The van der Waals surface area contributed by atoms with Crippen LogP contribution < -0.4 is 14.9 Å². The number of anilines is 1. The lowest BCUT2D eigenvalue weighted by Gasteiger charge is -2.01. The maximum Gasteiger partial charge on any atom is 0.243 e. The Hall–Kier alpha value is -2.63. The van der Waals surface area contributed by atoms with Crippen molar-refractivity contribution >= 4 is 12.2 Å². The van der Waals surface area contributed by atoms with Gasteiger partial charge in [-0.05, 0) is 43.7 Å². The SMILES string of the molecule is Cc1cc(C)nc(N/N=C/c2ccc3c(c2)OCO3)n1. The summed E-state index contributed by atoms with van der Waals surface area (Å²) >= 11 is 0. The summed E-state index contributed by atoms with van der Waals surface area (Å²) in [5, 5.41) is 4.12. The third-order valence-electron chi connectivity index (χ3n) is 2.76. The average Bonchev–Trinajstić information content (AvgIpc) is 2.85. The summed E-state index contributed by atoms with van der Waals surface area (Å²) in [6.45, 7) is 4.10. The fourth-order valence-electron chi connectivity index (χ4n) is 1.93. The van der Waals surface area contributed by atoms with E-state index in [0.29, 0.717) is 5.95 Å². The van der Waals surface area contributed by atoms with Gasteiger partial charge in [0.05, 0.1) is 6.21 Å². The minimum absolute atomic E-state index is 0.268. The molecule has 0 saturated carbocycles. The van der Waals surface area contributed by atoms with Crippen LogP contribution in [0.1, 0.15) is 17.0 Å². The number of nitrogens with one attached hydrogen (secondary N) is 1. The van der Waals surface area contributed by atoms with Crippen LogP contribution in [0.4, 0.5) is 5.95 Å². The first-order chi connectivity index (χ1) is 9.70. The maximum absolute atomic E-state index is 5.31. The predicted octanol–water partition coefficient (Wildman–Crippen LogP) is 2.27. The molecule has 0 amide bonds. The zero-order valence-electron chi connectivity index (χ0n) is 11.3. The number of ether oxygens (including phenoxy) is 2. The zero-order valence-corrected chi connectivity index (χ0v) is 11.3. The molecule has 0 aliphatic carbocycles. The Morgan fingerprint density at radius 2 is 1.85 bits per heavy atom. The second-order valence-electron chi connectivity index (χ2n) is 4.46. The number of benzene rings is 1. The molecule has 0 spiro atoms. The van der Waals surface area contributed by atoms with Crippen molar-refractivity contribution in [1.82, 2.24) is 9.97 Å². The van der Waals surface area contributed by atoms with Crippen molar-refractivity contribution in [3.63, 3.8) is 0 Å². The van der Waals surface area contributed by atoms with Gasteiger partial charge in [-0.3, -0.25) is 0 Å². The van der Waals surface area contributed by atoms with E-state index >= 15 is 0 Å². The number of hydrogen-bond acceptors (Lipinski definition) is 6. The topological polar surface area (TPSA) is 68.6 Å². The van der Waals surface area contributed by atoms with E-state index in [1.165, 1.54) is 0 Å². The number of aryl methyl sites for hydroxylation is 2. The number of aromatic nitrogens is 2. The fraction of sp³-hybridized carbons (Fsp3) is 0.214. The zero-order chi connectivity index (χ0) is 13.9. The van der Waals surface area contributed by atoms with Crippen LogP contribution in [-0.4, -0.2) is 23.0 Å². The molecule has 6 heteroatoms.